The first-order chi connectivity index (χ1) is 22.1. The molecule has 1 saturated heterocycles. The Morgan fingerprint density at radius 1 is 1.09 bits per heavy atom. The van der Waals surface area contributed by atoms with Gasteiger partial charge in [-0.2, -0.15) is 9.78 Å². The second-order valence-corrected chi connectivity index (χ2v) is 12.6. The number of hydrogen-bond donors (Lipinski definition) is 0. The summed E-state index contributed by atoms with van der Waals surface area (Å²) in [7, 11) is 1.65. The van der Waals surface area contributed by atoms with Gasteiger partial charge in [-0.3, -0.25) is 9.59 Å². The Kier molecular flexibility index (Phi) is 10.8. The molecule has 0 aliphatic carbocycles. The molecular weight excluding hydrogens is 720 g/mol. The highest BCUT2D eigenvalue weighted by Crippen LogP contribution is 2.42. The van der Waals surface area contributed by atoms with Crippen LogP contribution in [-0.4, -0.2) is 73.3 Å². The lowest BCUT2D eigenvalue weighted by Crippen LogP contribution is -2.43. The van der Waals surface area contributed by atoms with Gasteiger partial charge in [0.15, 0.2) is 23.9 Å². The number of amides is 1. The van der Waals surface area contributed by atoms with Gasteiger partial charge < -0.3 is 23.8 Å². The van der Waals surface area contributed by atoms with Crippen LogP contribution in [0.3, 0.4) is 0 Å². The van der Waals surface area contributed by atoms with E-state index in [2.05, 4.69) is 45.7 Å². The van der Waals surface area contributed by atoms with Crippen LogP contribution in [0.4, 0.5) is 0 Å². The predicted octanol–water partition coefficient (Wildman–Crippen LogP) is 6.55. The largest absolute Gasteiger partial charge is 0.496 e. The van der Waals surface area contributed by atoms with Crippen molar-refractivity contribution in [2.75, 3.05) is 46.6 Å². The highest BCUT2D eigenvalue weighted by molar-refractivity contribution is 9.13. The maximum Gasteiger partial charge on any atom is 0.282 e. The van der Waals surface area contributed by atoms with Gasteiger partial charge in [-0.05, 0) is 93.1 Å². The summed E-state index contributed by atoms with van der Waals surface area (Å²) >= 11 is 7.26. The van der Waals surface area contributed by atoms with E-state index >= 15 is 0 Å². The number of para-hydroxylation sites is 1. The highest BCUT2D eigenvalue weighted by atomic mass is 79.9. The number of aromatic nitrogens is 2. The van der Waals surface area contributed by atoms with Crippen LogP contribution in [0.2, 0.25) is 0 Å². The molecule has 10 nitrogen and oxygen atoms in total. The predicted molar refractivity (Wildman–Crippen MR) is 186 cm³/mol. The SMILES string of the molecule is CCOc1cc(C=Nn2c(-c3cc(C(C)C)c(OC)cc3C)nc3ccccc3c2=O)c(Br)c(Br)c1OCC(=O)N1CCOCC1. The number of methoxy groups -OCH3 is 1. The van der Waals surface area contributed by atoms with Gasteiger partial charge in [0, 0.05) is 28.7 Å². The van der Waals surface area contributed by atoms with Crippen molar-refractivity contribution >= 4 is 54.9 Å². The maximum absolute atomic E-state index is 13.9. The second-order valence-electron chi connectivity index (χ2n) is 11.0. The van der Waals surface area contributed by atoms with E-state index in [4.69, 9.17) is 29.0 Å². The Balaban J connectivity index is 1.58. The summed E-state index contributed by atoms with van der Waals surface area (Å²) in [6, 6.07) is 13.0. The molecule has 1 aromatic heterocycles. The molecule has 0 atom stereocenters. The fraction of sp³-hybridized carbons (Fsp3) is 0.353. The van der Waals surface area contributed by atoms with Gasteiger partial charge in [0.1, 0.15) is 5.75 Å². The number of nitrogens with zero attached hydrogens (tertiary/aromatic N) is 4. The van der Waals surface area contributed by atoms with E-state index in [9.17, 15) is 9.59 Å². The summed E-state index contributed by atoms with van der Waals surface area (Å²) in [4.78, 5) is 33.3. The van der Waals surface area contributed by atoms with Crippen LogP contribution in [-0.2, 0) is 9.53 Å². The van der Waals surface area contributed by atoms with Gasteiger partial charge in [0.25, 0.3) is 11.5 Å². The second kappa shape index (κ2) is 14.8. The van der Waals surface area contributed by atoms with Gasteiger partial charge in [0.05, 0.1) is 48.5 Å². The molecule has 0 saturated carbocycles. The third kappa shape index (κ3) is 6.98. The number of carbonyl (C=O) groups is 1. The molecule has 3 aromatic carbocycles. The van der Waals surface area contributed by atoms with Gasteiger partial charge in [-0.25, -0.2) is 4.98 Å². The van der Waals surface area contributed by atoms with Crippen molar-refractivity contribution in [2.24, 2.45) is 5.10 Å². The van der Waals surface area contributed by atoms with Crippen LogP contribution in [0.5, 0.6) is 17.2 Å². The average Bonchev–Trinajstić information content (AvgIpc) is 3.06. The molecule has 0 N–H and O–H groups in total. The first kappa shape index (κ1) is 33.6. The molecule has 242 valence electrons. The first-order valence-electron chi connectivity index (χ1n) is 15.0. The Morgan fingerprint density at radius 3 is 2.52 bits per heavy atom. The van der Waals surface area contributed by atoms with Crippen LogP contribution in [0.1, 0.15) is 43.4 Å². The zero-order chi connectivity index (χ0) is 33.0. The van der Waals surface area contributed by atoms with Crippen LogP contribution in [0, 0.1) is 6.92 Å². The third-order valence-electron chi connectivity index (χ3n) is 7.67. The topological polar surface area (TPSA) is 104 Å². The lowest BCUT2D eigenvalue weighted by Gasteiger charge is -2.27. The van der Waals surface area contributed by atoms with Crippen molar-refractivity contribution in [1.29, 1.82) is 0 Å². The molecule has 46 heavy (non-hydrogen) atoms. The smallest absolute Gasteiger partial charge is 0.282 e. The van der Waals surface area contributed by atoms with Gasteiger partial charge >= 0.3 is 0 Å². The molecule has 0 spiro atoms. The minimum absolute atomic E-state index is 0.135. The molecule has 1 fully saturated rings. The van der Waals surface area contributed by atoms with E-state index in [1.165, 1.54) is 4.68 Å². The van der Waals surface area contributed by atoms with E-state index in [1.807, 2.05) is 38.1 Å². The molecule has 2 heterocycles. The molecule has 4 aromatic rings. The summed E-state index contributed by atoms with van der Waals surface area (Å²) in [6.45, 7) is 10.3. The van der Waals surface area contributed by atoms with Crippen molar-refractivity contribution in [2.45, 2.75) is 33.6 Å². The molecule has 1 amide bonds. The van der Waals surface area contributed by atoms with E-state index in [-0.39, 0.29) is 24.0 Å². The van der Waals surface area contributed by atoms with Crippen molar-refractivity contribution in [1.82, 2.24) is 14.6 Å². The van der Waals surface area contributed by atoms with Gasteiger partial charge in [-0.1, -0.05) is 26.0 Å². The Morgan fingerprint density at radius 2 is 1.83 bits per heavy atom. The van der Waals surface area contributed by atoms with Crippen LogP contribution < -0.4 is 19.8 Å². The third-order valence-corrected chi connectivity index (χ3v) is 9.81. The van der Waals surface area contributed by atoms with Gasteiger partial charge in [-0.15, -0.1) is 0 Å². The standard InChI is InChI=1S/C34H36Br2N4O6/c1-6-45-28-16-22(30(35)31(36)32(28)46-19-29(41)39-11-13-44-14-12-39)18-37-40-33(38-26-10-8-7-9-23(26)34(40)42)25-17-24(20(2)3)27(43-5)15-21(25)4/h7-10,15-18,20H,6,11-14,19H2,1-5H3. The monoisotopic (exact) mass is 754 g/mol. The van der Waals surface area contributed by atoms with Crippen molar-refractivity contribution in [3.05, 3.63) is 78.5 Å². The maximum atomic E-state index is 13.9. The van der Waals surface area contributed by atoms with Crippen molar-refractivity contribution < 1.29 is 23.7 Å². The fourth-order valence-corrected chi connectivity index (χ4v) is 6.16. The van der Waals surface area contributed by atoms with Gasteiger partial charge in [0.2, 0.25) is 0 Å². The number of halogens is 2. The molecule has 1 aliphatic heterocycles. The number of aryl methyl sites for hydroxylation is 1. The summed E-state index contributed by atoms with van der Waals surface area (Å²) in [5.74, 6) is 2.03. The average molecular weight is 756 g/mol. The van der Waals surface area contributed by atoms with Crippen LogP contribution in [0.15, 0.2) is 61.3 Å². The molecule has 0 radical (unpaired) electrons. The first-order valence-corrected chi connectivity index (χ1v) is 16.6. The number of hydrogen-bond acceptors (Lipinski definition) is 8. The van der Waals surface area contributed by atoms with E-state index in [0.29, 0.717) is 75.6 Å². The number of morpholine rings is 1. The zero-order valence-electron chi connectivity index (χ0n) is 26.4. The number of carbonyl (C=O) groups excluding carboxylic acids is 1. The molecule has 5 rings (SSSR count). The molecule has 1 aliphatic rings. The van der Waals surface area contributed by atoms with E-state index in [0.717, 1.165) is 22.4 Å². The zero-order valence-corrected chi connectivity index (χ0v) is 29.6. The summed E-state index contributed by atoms with van der Waals surface area (Å²) in [6.07, 6.45) is 1.57. The summed E-state index contributed by atoms with van der Waals surface area (Å²) in [5, 5.41) is 5.14. The number of fused-ring (bicyclic) bond motifs is 1. The minimum Gasteiger partial charge on any atom is -0.496 e. The Bertz CT molecular complexity index is 1850. The number of ether oxygens (including phenoxy) is 4. The quantitative estimate of drug-likeness (QED) is 0.169. The molecule has 12 heteroatoms. The van der Waals surface area contributed by atoms with E-state index < -0.39 is 0 Å². The molecule has 0 unspecified atom stereocenters. The highest BCUT2D eigenvalue weighted by Gasteiger charge is 2.22. The lowest BCUT2D eigenvalue weighted by molar-refractivity contribution is -0.137. The normalized spacial score (nSPS) is 13.5. The number of rotatable bonds is 10. The Hall–Kier alpha value is -3.74. The summed E-state index contributed by atoms with van der Waals surface area (Å²) in [5.41, 5.74) is 3.54. The van der Waals surface area contributed by atoms with Crippen LogP contribution >= 0.6 is 31.9 Å². The fourth-order valence-electron chi connectivity index (χ4n) is 5.23. The molecular formula is C34H36Br2N4O6. The van der Waals surface area contributed by atoms with Crippen molar-refractivity contribution in [3.8, 4) is 28.6 Å². The Labute approximate surface area is 284 Å². The number of benzene rings is 3. The van der Waals surface area contributed by atoms with E-state index in [1.54, 1.807) is 36.4 Å². The lowest BCUT2D eigenvalue weighted by atomic mass is 9.96. The van der Waals surface area contributed by atoms with Crippen LogP contribution in [0.25, 0.3) is 22.3 Å². The molecule has 0 bridgehead atoms. The minimum atomic E-state index is -0.306. The summed E-state index contributed by atoms with van der Waals surface area (Å²) < 4.78 is 25.4. The van der Waals surface area contributed by atoms with Crippen molar-refractivity contribution in [3.63, 3.8) is 0 Å².